The maximum Gasteiger partial charge on any atom is 0.309 e. The van der Waals surface area contributed by atoms with Crippen LogP contribution in [0.15, 0.2) is 10.6 Å². The van der Waals surface area contributed by atoms with Crippen molar-refractivity contribution in [3.63, 3.8) is 0 Å². The summed E-state index contributed by atoms with van der Waals surface area (Å²) < 4.78 is 21.4. The average molecular weight is 366 g/mol. The fourth-order valence-corrected chi connectivity index (χ4v) is 3.41. The Morgan fingerprint density at radius 1 is 1.38 bits per heavy atom. The van der Waals surface area contributed by atoms with Crippen LogP contribution in [-0.2, 0) is 23.8 Å². The number of rotatable bonds is 5. The van der Waals surface area contributed by atoms with Crippen molar-refractivity contribution in [2.24, 2.45) is 5.41 Å². The quantitative estimate of drug-likeness (QED) is 0.798. The molecule has 2 saturated heterocycles. The van der Waals surface area contributed by atoms with E-state index in [0.29, 0.717) is 18.2 Å². The van der Waals surface area contributed by atoms with E-state index in [4.69, 9.17) is 18.7 Å². The first-order valence-electron chi connectivity index (χ1n) is 9.09. The lowest BCUT2D eigenvalue weighted by atomic mass is 9.75. The van der Waals surface area contributed by atoms with Crippen LogP contribution in [-0.4, -0.2) is 49.1 Å². The van der Waals surface area contributed by atoms with E-state index in [-0.39, 0.29) is 17.9 Å². The van der Waals surface area contributed by atoms with Gasteiger partial charge in [0.1, 0.15) is 5.76 Å². The number of carbonyl (C=O) groups excluding carboxylic acids is 2. The van der Waals surface area contributed by atoms with E-state index in [1.807, 2.05) is 0 Å². The predicted molar refractivity (Wildman–Crippen MR) is 91.5 cm³/mol. The van der Waals surface area contributed by atoms with Crippen LogP contribution in [0.5, 0.6) is 0 Å². The summed E-state index contributed by atoms with van der Waals surface area (Å²) in [6.07, 6.45) is 3.00. The van der Waals surface area contributed by atoms with E-state index in [2.05, 4.69) is 10.5 Å². The van der Waals surface area contributed by atoms with Crippen LogP contribution in [0.2, 0.25) is 0 Å². The monoisotopic (exact) mass is 366 g/mol. The molecule has 8 heteroatoms. The van der Waals surface area contributed by atoms with Gasteiger partial charge in [0.15, 0.2) is 11.9 Å². The van der Waals surface area contributed by atoms with Gasteiger partial charge in [-0.1, -0.05) is 5.16 Å². The minimum atomic E-state index is -0.912. The van der Waals surface area contributed by atoms with E-state index in [9.17, 15) is 9.59 Å². The van der Waals surface area contributed by atoms with Crippen LogP contribution >= 0.6 is 0 Å². The second-order valence-electron chi connectivity index (χ2n) is 7.23. The highest BCUT2D eigenvalue weighted by Gasteiger charge is 2.38. The Hall–Kier alpha value is -1.93. The number of hydrogen-bond donors (Lipinski definition) is 1. The minimum Gasteiger partial charge on any atom is -0.452 e. The zero-order chi connectivity index (χ0) is 18.6. The molecule has 26 heavy (non-hydrogen) atoms. The molecule has 2 unspecified atom stereocenters. The van der Waals surface area contributed by atoms with Gasteiger partial charge in [-0.2, -0.15) is 0 Å². The Morgan fingerprint density at radius 3 is 2.77 bits per heavy atom. The topological polar surface area (TPSA) is 99.9 Å². The molecule has 1 amide bonds. The summed E-state index contributed by atoms with van der Waals surface area (Å²) in [6, 6.07) is 1.59. The van der Waals surface area contributed by atoms with E-state index < -0.39 is 18.0 Å². The van der Waals surface area contributed by atoms with Crippen LogP contribution in [0.3, 0.4) is 0 Å². The highest BCUT2D eigenvalue weighted by molar-refractivity contribution is 5.94. The van der Waals surface area contributed by atoms with Crippen molar-refractivity contribution in [2.45, 2.75) is 58.2 Å². The van der Waals surface area contributed by atoms with Crippen molar-refractivity contribution in [1.29, 1.82) is 0 Å². The molecule has 2 fully saturated rings. The van der Waals surface area contributed by atoms with Gasteiger partial charge in [0.25, 0.3) is 5.91 Å². The van der Waals surface area contributed by atoms with Gasteiger partial charge in [0.2, 0.25) is 0 Å². The van der Waals surface area contributed by atoms with Crippen LogP contribution in [0.25, 0.3) is 0 Å². The van der Waals surface area contributed by atoms with Crippen molar-refractivity contribution in [3.05, 3.63) is 11.8 Å². The molecule has 1 aromatic heterocycles. The van der Waals surface area contributed by atoms with Gasteiger partial charge in [0, 0.05) is 19.3 Å². The van der Waals surface area contributed by atoms with Crippen molar-refractivity contribution in [3.8, 4) is 0 Å². The minimum absolute atomic E-state index is 0.149. The summed E-state index contributed by atoms with van der Waals surface area (Å²) in [5, 5.41) is 6.22. The number of nitrogens with one attached hydrogen (secondary N) is 1. The molecule has 1 N–H and O–H groups in total. The molecule has 0 aromatic carbocycles. The standard InChI is InChI=1S/C18H26N2O6/c1-12-9-15(20-26-12)19-17(22)13(2)25-16(21)10-14-3-4-18(11-24-14)5-7-23-8-6-18/h9,13-14H,3-8,10-11H2,1-2H3,(H,19,20,22). The summed E-state index contributed by atoms with van der Waals surface area (Å²) >= 11 is 0. The maximum atomic E-state index is 12.1. The highest BCUT2D eigenvalue weighted by Crippen LogP contribution is 2.40. The smallest absolute Gasteiger partial charge is 0.309 e. The number of nitrogens with zero attached hydrogens (tertiary/aromatic N) is 1. The largest absolute Gasteiger partial charge is 0.452 e. The Bertz CT molecular complexity index is 627. The van der Waals surface area contributed by atoms with Crippen LogP contribution in [0.1, 0.15) is 44.8 Å². The first kappa shape index (κ1) is 18.8. The van der Waals surface area contributed by atoms with Crippen molar-refractivity contribution < 1.29 is 28.3 Å². The molecule has 3 heterocycles. The SMILES string of the molecule is Cc1cc(NC(=O)C(C)OC(=O)CC2CCC3(CCOCC3)CO2)no1. The third-order valence-electron chi connectivity index (χ3n) is 5.13. The van der Waals surface area contributed by atoms with Crippen LogP contribution in [0.4, 0.5) is 5.82 Å². The van der Waals surface area contributed by atoms with E-state index in [0.717, 1.165) is 38.9 Å². The number of esters is 1. The Morgan fingerprint density at radius 2 is 2.15 bits per heavy atom. The normalized spacial score (nSPS) is 23.4. The lowest BCUT2D eigenvalue weighted by molar-refractivity contribution is -0.160. The molecule has 0 saturated carbocycles. The number of ether oxygens (including phenoxy) is 3. The van der Waals surface area contributed by atoms with Crippen molar-refractivity contribution in [2.75, 3.05) is 25.1 Å². The third kappa shape index (κ3) is 4.82. The van der Waals surface area contributed by atoms with Gasteiger partial charge in [-0.25, -0.2) is 0 Å². The Balaban J connectivity index is 1.40. The molecule has 2 aliphatic rings. The molecule has 1 aromatic rings. The molecule has 0 bridgehead atoms. The first-order valence-corrected chi connectivity index (χ1v) is 9.09. The van der Waals surface area contributed by atoms with Gasteiger partial charge >= 0.3 is 5.97 Å². The summed E-state index contributed by atoms with van der Waals surface area (Å²) in [4.78, 5) is 24.2. The molecule has 144 valence electrons. The maximum absolute atomic E-state index is 12.1. The fourth-order valence-electron chi connectivity index (χ4n) is 3.41. The molecule has 0 radical (unpaired) electrons. The summed E-state index contributed by atoms with van der Waals surface area (Å²) in [6.45, 7) is 5.48. The molecular weight excluding hydrogens is 340 g/mol. The lowest BCUT2D eigenvalue weighted by Crippen LogP contribution is -2.41. The van der Waals surface area contributed by atoms with Gasteiger partial charge in [0.05, 0.1) is 19.1 Å². The predicted octanol–water partition coefficient (Wildman–Crippen LogP) is 2.22. The molecule has 3 rings (SSSR count). The van der Waals surface area contributed by atoms with Gasteiger partial charge < -0.3 is 24.1 Å². The van der Waals surface area contributed by atoms with E-state index in [1.54, 1.807) is 13.0 Å². The average Bonchev–Trinajstić information content (AvgIpc) is 3.02. The van der Waals surface area contributed by atoms with Crippen molar-refractivity contribution in [1.82, 2.24) is 5.16 Å². The zero-order valence-corrected chi connectivity index (χ0v) is 15.3. The summed E-state index contributed by atoms with van der Waals surface area (Å²) in [5.41, 5.74) is 0.210. The first-order chi connectivity index (χ1) is 12.5. The number of aromatic nitrogens is 1. The number of amides is 1. The van der Waals surface area contributed by atoms with Crippen LogP contribution < -0.4 is 5.32 Å². The van der Waals surface area contributed by atoms with Crippen LogP contribution in [0, 0.1) is 12.3 Å². The molecule has 1 spiro atoms. The Labute approximate surface area is 152 Å². The zero-order valence-electron chi connectivity index (χ0n) is 15.3. The lowest BCUT2D eigenvalue weighted by Gasteiger charge is -2.42. The van der Waals surface area contributed by atoms with E-state index in [1.165, 1.54) is 6.92 Å². The summed E-state index contributed by atoms with van der Waals surface area (Å²) in [5.74, 6) is 0.00347. The molecular formula is C18H26N2O6. The number of anilines is 1. The molecule has 2 aliphatic heterocycles. The van der Waals surface area contributed by atoms with E-state index >= 15 is 0 Å². The second kappa shape index (κ2) is 8.18. The molecule has 0 aliphatic carbocycles. The van der Waals surface area contributed by atoms with Crippen molar-refractivity contribution >= 4 is 17.7 Å². The number of hydrogen-bond acceptors (Lipinski definition) is 7. The highest BCUT2D eigenvalue weighted by atomic mass is 16.6. The molecule has 8 nitrogen and oxygen atoms in total. The number of aryl methyl sites for hydroxylation is 1. The fraction of sp³-hybridized carbons (Fsp3) is 0.722. The van der Waals surface area contributed by atoms with Gasteiger partial charge in [-0.15, -0.1) is 0 Å². The van der Waals surface area contributed by atoms with Gasteiger partial charge in [-0.05, 0) is 44.9 Å². The molecule has 2 atom stereocenters. The third-order valence-corrected chi connectivity index (χ3v) is 5.13. The second-order valence-corrected chi connectivity index (χ2v) is 7.23. The summed E-state index contributed by atoms with van der Waals surface area (Å²) in [7, 11) is 0. The van der Waals surface area contributed by atoms with Gasteiger partial charge in [-0.3, -0.25) is 9.59 Å². The Kier molecular flexibility index (Phi) is 5.93. The number of carbonyl (C=O) groups is 2.